The first-order chi connectivity index (χ1) is 18.6. The molecule has 1 saturated heterocycles. The van der Waals surface area contributed by atoms with Gasteiger partial charge >= 0.3 is 0 Å². The summed E-state index contributed by atoms with van der Waals surface area (Å²) in [6.07, 6.45) is 1.28. The zero-order valence-electron chi connectivity index (χ0n) is 20.7. The van der Waals surface area contributed by atoms with Gasteiger partial charge in [-0.15, -0.1) is 0 Å². The highest BCUT2D eigenvalue weighted by molar-refractivity contribution is 5.91. The molecular weight excluding hydrogens is 484 g/mol. The minimum absolute atomic E-state index is 0.0171. The van der Waals surface area contributed by atoms with Crippen LogP contribution in [0.1, 0.15) is 28.5 Å². The summed E-state index contributed by atoms with van der Waals surface area (Å²) in [5.41, 5.74) is 4.60. The van der Waals surface area contributed by atoms with Crippen molar-refractivity contribution in [2.45, 2.75) is 11.8 Å². The van der Waals surface area contributed by atoms with Crippen molar-refractivity contribution in [2.75, 3.05) is 26.3 Å². The fourth-order valence-electron chi connectivity index (χ4n) is 5.56. The molecule has 2 fully saturated rings. The van der Waals surface area contributed by atoms with Crippen LogP contribution in [0.4, 0.5) is 5.69 Å². The second-order valence-corrected chi connectivity index (χ2v) is 9.41. The molecule has 1 N–H and O–H groups in total. The Balaban J connectivity index is 1.47. The molecule has 5 rings (SSSR count). The Morgan fingerprint density at radius 2 is 1.42 bits per heavy atom. The molecule has 194 valence electrons. The number of hydrogen-bond acceptors (Lipinski definition) is 6. The van der Waals surface area contributed by atoms with Gasteiger partial charge in [-0.25, -0.2) is 5.43 Å². The molecule has 0 bridgehead atoms. The molecule has 1 heterocycles. The molecule has 3 aromatic carbocycles. The molecule has 1 saturated carbocycles. The Morgan fingerprint density at radius 1 is 0.868 bits per heavy atom. The topological polar surface area (TPSA) is 114 Å². The van der Waals surface area contributed by atoms with Crippen molar-refractivity contribution >= 4 is 23.7 Å². The van der Waals surface area contributed by atoms with Crippen LogP contribution in [0.2, 0.25) is 0 Å². The summed E-state index contributed by atoms with van der Waals surface area (Å²) in [4.78, 5) is 40.2. The van der Waals surface area contributed by atoms with Crippen LogP contribution in [0.5, 0.6) is 0 Å². The highest BCUT2D eigenvalue weighted by atomic mass is 16.6. The van der Waals surface area contributed by atoms with E-state index in [0.29, 0.717) is 26.3 Å². The molecule has 0 aromatic heterocycles. The summed E-state index contributed by atoms with van der Waals surface area (Å²) in [5, 5.41) is 15.4. The zero-order chi connectivity index (χ0) is 26.5. The van der Waals surface area contributed by atoms with Gasteiger partial charge in [0.1, 0.15) is 0 Å². The van der Waals surface area contributed by atoms with E-state index in [0.717, 1.165) is 11.1 Å². The number of rotatable bonds is 7. The third-order valence-corrected chi connectivity index (χ3v) is 7.34. The van der Waals surface area contributed by atoms with E-state index in [2.05, 4.69) is 10.5 Å². The number of nitrogens with one attached hydrogen (secondary N) is 1. The smallest absolute Gasteiger partial charge is 0.278 e. The molecule has 2 aliphatic rings. The molecule has 1 aliphatic heterocycles. The van der Waals surface area contributed by atoms with Crippen LogP contribution in [0.15, 0.2) is 90.0 Å². The molecule has 3 aromatic rings. The Labute approximate surface area is 220 Å². The lowest BCUT2D eigenvalue weighted by molar-refractivity contribution is -0.385. The van der Waals surface area contributed by atoms with Crippen LogP contribution in [0.25, 0.3) is 0 Å². The number of morpholine rings is 1. The van der Waals surface area contributed by atoms with Crippen molar-refractivity contribution in [3.63, 3.8) is 0 Å². The first-order valence-corrected chi connectivity index (χ1v) is 12.6. The van der Waals surface area contributed by atoms with Gasteiger partial charge in [-0.05, 0) is 17.2 Å². The predicted molar refractivity (Wildman–Crippen MR) is 142 cm³/mol. The SMILES string of the molecule is O=C(NN=Cc1ccccc1[N+](=O)[O-])C1C(c2ccccc2)C(C(=O)N2CCOCC2)C1c1ccccc1. The van der Waals surface area contributed by atoms with Crippen molar-refractivity contribution in [3.05, 3.63) is 112 Å². The molecule has 9 heteroatoms. The molecule has 2 atom stereocenters. The number of benzene rings is 3. The second-order valence-electron chi connectivity index (χ2n) is 9.41. The lowest BCUT2D eigenvalue weighted by atomic mass is 9.51. The fraction of sp³-hybridized carbons (Fsp3) is 0.276. The van der Waals surface area contributed by atoms with E-state index in [-0.39, 0.29) is 34.9 Å². The summed E-state index contributed by atoms with van der Waals surface area (Å²) < 4.78 is 5.45. The van der Waals surface area contributed by atoms with Gasteiger partial charge < -0.3 is 9.64 Å². The monoisotopic (exact) mass is 512 g/mol. The average Bonchev–Trinajstić information content (AvgIpc) is 2.94. The molecule has 2 unspecified atom stereocenters. The van der Waals surface area contributed by atoms with Crippen LogP contribution in [0.3, 0.4) is 0 Å². The Bertz CT molecular complexity index is 1280. The van der Waals surface area contributed by atoms with E-state index in [1.807, 2.05) is 65.6 Å². The van der Waals surface area contributed by atoms with E-state index >= 15 is 0 Å². The average molecular weight is 513 g/mol. The van der Waals surface area contributed by atoms with Crippen LogP contribution in [-0.4, -0.2) is 54.2 Å². The molecule has 1 aliphatic carbocycles. The standard InChI is InChI=1S/C29H28N4O5/c34-28(31-30-19-22-13-7-8-14-23(22)33(36)37)26-24(20-9-3-1-4-10-20)27(25(26)21-11-5-2-6-12-21)29(35)32-15-17-38-18-16-32/h1-14,19,24-27H,15-18H2,(H,31,34). The fourth-order valence-corrected chi connectivity index (χ4v) is 5.56. The zero-order valence-corrected chi connectivity index (χ0v) is 20.7. The Morgan fingerprint density at radius 3 is 2.00 bits per heavy atom. The summed E-state index contributed by atoms with van der Waals surface area (Å²) in [6.45, 7) is 2.04. The van der Waals surface area contributed by atoms with Crippen molar-refractivity contribution in [2.24, 2.45) is 16.9 Å². The number of carbonyl (C=O) groups is 2. The van der Waals surface area contributed by atoms with Gasteiger partial charge in [0, 0.05) is 31.0 Å². The minimum Gasteiger partial charge on any atom is -0.378 e. The highest BCUT2D eigenvalue weighted by Gasteiger charge is 2.58. The van der Waals surface area contributed by atoms with E-state index in [4.69, 9.17) is 4.74 Å². The van der Waals surface area contributed by atoms with E-state index in [1.54, 1.807) is 18.2 Å². The minimum atomic E-state index is -0.558. The molecule has 0 spiro atoms. The van der Waals surface area contributed by atoms with Crippen LogP contribution in [-0.2, 0) is 14.3 Å². The number of nitrogens with zero attached hydrogens (tertiary/aromatic N) is 3. The van der Waals surface area contributed by atoms with E-state index in [1.165, 1.54) is 12.3 Å². The number of amides is 2. The molecule has 0 radical (unpaired) electrons. The Kier molecular flexibility index (Phi) is 7.55. The first kappa shape index (κ1) is 25.3. The Hall–Kier alpha value is -4.37. The number of nitro benzene ring substituents is 1. The van der Waals surface area contributed by atoms with Gasteiger partial charge in [0.25, 0.3) is 5.69 Å². The molecule has 9 nitrogen and oxygen atoms in total. The third-order valence-electron chi connectivity index (χ3n) is 7.34. The van der Waals surface area contributed by atoms with Gasteiger partial charge in [0.05, 0.1) is 41.8 Å². The predicted octanol–water partition coefficient (Wildman–Crippen LogP) is 3.72. The third kappa shape index (κ3) is 5.05. The van der Waals surface area contributed by atoms with Crippen molar-refractivity contribution in [1.29, 1.82) is 0 Å². The molecule has 38 heavy (non-hydrogen) atoms. The number of carbonyl (C=O) groups excluding carboxylic acids is 2. The number of hydrazone groups is 1. The van der Waals surface area contributed by atoms with E-state index in [9.17, 15) is 19.7 Å². The number of nitro groups is 1. The van der Waals surface area contributed by atoms with Gasteiger partial charge in [-0.2, -0.15) is 5.10 Å². The maximum Gasteiger partial charge on any atom is 0.278 e. The summed E-state index contributed by atoms with van der Waals surface area (Å²) in [6, 6.07) is 25.4. The quantitative estimate of drug-likeness (QED) is 0.294. The maximum absolute atomic E-state index is 13.9. The lowest BCUT2D eigenvalue weighted by Crippen LogP contribution is -2.57. The number of para-hydroxylation sites is 1. The highest BCUT2D eigenvalue weighted by Crippen LogP contribution is 2.58. The molecular formula is C29H28N4O5. The van der Waals surface area contributed by atoms with Crippen molar-refractivity contribution in [1.82, 2.24) is 10.3 Å². The van der Waals surface area contributed by atoms with Crippen molar-refractivity contribution < 1.29 is 19.2 Å². The van der Waals surface area contributed by atoms with Crippen LogP contribution < -0.4 is 5.43 Å². The van der Waals surface area contributed by atoms with Crippen LogP contribution in [0, 0.1) is 22.0 Å². The van der Waals surface area contributed by atoms with Gasteiger partial charge in [-0.3, -0.25) is 19.7 Å². The van der Waals surface area contributed by atoms with E-state index < -0.39 is 16.8 Å². The summed E-state index contributed by atoms with van der Waals surface area (Å²) in [5.74, 6) is -2.00. The maximum atomic E-state index is 13.9. The normalized spacial score (nSPS) is 23.0. The van der Waals surface area contributed by atoms with Crippen LogP contribution >= 0.6 is 0 Å². The van der Waals surface area contributed by atoms with Crippen molar-refractivity contribution in [3.8, 4) is 0 Å². The largest absolute Gasteiger partial charge is 0.378 e. The van der Waals surface area contributed by atoms with Gasteiger partial charge in [0.2, 0.25) is 11.8 Å². The lowest BCUT2D eigenvalue weighted by Gasteiger charge is -2.52. The number of ether oxygens (including phenoxy) is 1. The summed E-state index contributed by atoms with van der Waals surface area (Å²) in [7, 11) is 0. The van der Waals surface area contributed by atoms with Gasteiger partial charge in [-0.1, -0.05) is 72.8 Å². The molecule has 2 amide bonds. The summed E-state index contributed by atoms with van der Waals surface area (Å²) >= 11 is 0. The van der Waals surface area contributed by atoms with Gasteiger partial charge in [0.15, 0.2) is 0 Å². The second kappa shape index (κ2) is 11.4. The number of hydrogen-bond donors (Lipinski definition) is 1. The first-order valence-electron chi connectivity index (χ1n) is 12.6.